The minimum Gasteiger partial charge on any atom is -0.397 e. The van der Waals surface area contributed by atoms with Gasteiger partial charge in [0.1, 0.15) is 4.90 Å². The SMILES string of the molecule is Nc1c(S(=O)(=O)NCCC(O)CO)cc(Br)c2c1C(=O)c1ccccc1C2=O. The average molecular weight is 469 g/mol. The van der Waals surface area contributed by atoms with Crippen LogP contribution in [0.15, 0.2) is 39.7 Å². The lowest BCUT2D eigenvalue weighted by Crippen LogP contribution is -2.30. The highest BCUT2D eigenvalue weighted by Crippen LogP contribution is 2.38. The highest BCUT2D eigenvalue weighted by Gasteiger charge is 2.36. The lowest BCUT2D eigenvalue weighted by molar-refractivity contribution is 0.0895. The van der Waals surface area contributed by atoms with E-state index in [4.69, 9.17) is 10.8 Å². The summed E-state index contributed by atoms with van der Waals surface area (Å²) in [5.74, 6) is -0.956. The van der Waals surface area contributed by atoms with Gasteiger partial charge < -0.3 is 15.9 Å². The molecule has 0 radical (unpaired) electrons. The molecule has 0 heterocycles. The van der Waals surface area contributed by atoms with Crippen LogP contribution in [0.1, 0.15) is 38.3 Å². The van der Waals surface area contributed by atoms with Gasteiger partial charge in [-0.15, -0.1) is 0 Å². The normalized spacial score (nSPS) is 14.5. The molecule has 0 fully saturated rings. The Morgan fingerprint density at radius 2 is 1.68 bits per heavy atom. The lowest BCUT2D eigenvalue weighted by Gasteiger charge is -2.22. The molecule has 148 valence electrons. The van der Waals surface area contributed by atoms with E-state index >= 15 is 0 Å². The minimum atomic E-state index is -4.13. The largest absolute Gasteiger partial charge is 0.397 e. The van der Waals surface area contributed by atoms with Gasteiger partial charge in [0.2, 0.25) is 10.0 Å². The van der Waals surface area contributed by atoms with Crippen molar-refractivity contribution in [1.82, 2.24) is 4.72 Å². The molecular formula is C18H17BrN2O6S. The number of aliphatic hydroxyl groups is 2. The zero-order valence-electron chi connectivity index (χ0n) is 14.5. The predicted molar refractivity (Wildman–Crippen MR) is 105 cm³/mol. The second kappa shape index (κ2) is 7.72. The van der Waals surface area contributed by atoms with Gasteiger partial charge in [0.15, 0.2) is 11.6 Å². The van der Waals surface area contributed by atoms with E-state index in [1.54, 1.807) is 12.1 Å². The van der Waals surface area contributed by atoms with Gasteiger partial charge in [0.25, 0.3) is 0 Å². The number of nitrogen functional groups attached to an aromatic ring is 1. The summed E-state index contributed by atoms with van der Waals surface area (Å²) >= 11 is 3.19. The van der Waals surface area contributed by atoms with Crippen LogP contribution >= 0.6 is 15.9 Å². The summed E-state index contributed by atoms with van der Waals surface area (Å²) in [7, 11) is -4.13. The van der Waals surface area contributed by atoms with Gasteiger partial charge in [0.05, 0.1) is 29.5 Å². The van der Waals surface area contributed by atoms with E-state index in [1.807, 2.05) is 0 Å². The molecule has 0 saturated carbocycles. The summed E-state index contributed by atoms with van der Waals surface area (Å²) in [6, 6.07) is 7.43. The molecule has 0 aromatic heterocycles. The van der Waals surface area contributed by atoms with Gasteiger partial charge in [-0.05, 0) is 28.4 Å². The molecule has 3 rings (SSSR count). The Morgan fingerprint density at radius 3 is 2.25 bits per heavy atom. The number of anilines is 1. The van der Waals surface area contributed by atoms with Gasteiger partial charge in [-0.2, -0.15) is 0 Å². The van der Waals surface area contributed by atoms with Crippen molar-refractivity contribution in [3.05, 3.63) is 57.1 Å². The molecular weight excluding hydrogens is 452 g/mol. The van der Waals surface area contributed by atoms with Crippen LogP contribution in [0.5, 0.6) is 0 Å². The molecule has 0 bridgehead atoms. The van der Waals surface area contributed by atoms with Gasteiger partial charge in [-0.1, -0.05) is 24.3 Å². The Bertz CT molecular complexity index is 1080. The second-order valence-corrected chi connectivity index (χ2v) is 8.84. The third kappa shape index (κ3) is 3.49. The van der Waals surface area contributed by atoms with Crippen molar-refractivity contribution in [1.29, 1.82) is 0 Å². The molecule has 5 N–H and O–H groups in total. The van der Waals surface area contributed by atoms with Crippen molar-refractivity contribution >= 4 is 43.2 Å². The van der Waals surface area contributed by atoms with E-state index in [9.17, 15) is 23.1 Å². The maximum Gasteiger partial charge on any atom is 0.242 e. The number of ketones is 2. The fourth-order valence-corrected chi connectivity index (χ4v) is 4.97. The van der Waals surface area contributed by atoms with Crippen molar-refractivity contribution in [2.75, 3.05) is 18.9 Å². The highest BCUT2D eigenvalue weighted by atomic mass is 79.9. The van der Waals surface area contributed by atoms with Gasteiger partial charge in [0, 0.05) is 22.1 Å². The van der Waals surface area contributed by atoms with Crippen molar-refractivity contribution in [3.63, 3.8) is 0 Å². The summed E-state index contributed by atoms with van der Waals surface area (Å²) in [5, 5.41) is 18.1. The first-order valence-electron chi connectivity index (χ1n) is 8.28. The Balaban J connectivity index is 2.07. The fourth-order valence-electron chi connectivity index (χ4n) is 3.00. The van der Waals surface area contributed by atoms with Crippen molar-refractivity contribution < 1.29 is 28.2 Å². The number of sulfonamides is 1. The van der Waals surface area contributed by atoms with E-state index in [-0.39, 0.29) is 50.3 Å². The average Bonchev–Trinajstić information content (AvgIpc) is 2.67. The number of benzene rings is 2. The fraction of sp³-hybridized carbons (Fsp3) is 0.222. The Hall–Kier alpha value is -2.11. The van der Waals surface area contributed by atoms with Crippen LogP contribution in [-0.2, 0) is 10.0 Å². The third-order valence-electron chi connectivity index (χ3n) is 4.42. The number of carbonyl (C=O) groups is 2. The maximum absolute atomic E-state index is 12.9. The first-order chi connectivity index (χ1) is 13.2. The predicted octanol–water partition coefficient (Wildman–Crippen LogP) is 0.828. The zero-order chi connectivity index (χ0) is 20.6. The number of carbonyl (C=O) groups excluding carboxylic acids is 2. The Kier molecular flexibility index (Phi) is 5.69. The minimum absolute atomic E-state index is 0.00740. The molecule has 1 unspecified atom stereocenters. The van der Waals surface area contributed by atoms with Crippen LogP contribution in [0.25, 0.3) is 0 Å². The lowest BCUT2D eigenvalue weighted by atomic mass is 9.83. The van der Waals surface area contributed by atoms with Crippen LogP contribution < -0.4 is 10.5 Å². The summed E-state index contributed by atoms with van der Waals surface area (Å²) < 4.78 is 27.7. The molecule has 1 aliphatic rings. The molecule has 2 aromatic rings. The van der Waals surface area contributed by atoms with Crippen LogP contribution in [0, 0.1) is 0 Å². The Morgan fingerprint density at radius 1 is 1.11 bits per heavy atom. The van der Waals surface area contributed by atoms with E-state index in [1.165, 1.54) is 18.2 Å². The second-order valence-electron chi connectivity index (χ2n) is 6.25. The molecule has 0 spiro atoms. The number of halogens is 1. The molecule has 0 amide bonds. The van der Waals surface area contributed by atoms with Crippen molar-refractivity contribution in [3.8, 4) is 0 Å². The number of hydrogen-bond acceptors (Lipinski definition) is 7. The number of hydrogen-bond donors (Lipinski definition) is 4. The smallest absolute Gasteiger partial charge is 0.242 e. The van der Waals surface area contributed by atoms with E-state index < -0.39 is 34.3 Å². The summed E-state index contributed by atoms with van der Waals surface area (Å²) in [5.41, 5.74) is 5.96. The summed E-state index contributed by atoms with van der Waals surface area (Å²) in [6.07, 6.45) is -1.07. The number of aliphatic hydroxyl groups excluding tert-OH is 2. The third-order valence-corrected chi connectivity index (χ3v) is 6.55. The van der Waals surface area contributed by atoms with Gasteiger partial charge in [-0.25, -0.2) is 13.1 Å². The van der Waals surface area contributed by atoms with Gasteiger partial charge in [-0.3, -0.25) is 9.59 Å². The highest BCUT2D eigenvalue weighted by molar-refractivity contribution is 9.10. The van der Waals surface area contributed by atoms with Crippen molar-refractivity contribution in [2.24, 2.45) is 0 Å². The van der Waals surface area contributed by atoms with E-state index in [0.717, 1.165) is 0 Å². The molecule has 10 heteroatoms. The molecule has 0 saturated heterocycles. The first kappa shape index (κ1) is 20.6. The monoisotopic (exact) mass is 468 g/mol. The van der Waals surface area contributed by atoms with Crippen LogP contribution in [0.4, 0.5) is 5.69 Å². The van der Waals surface area contributed by atoms with Crippen LogP contribution in [0.2, 0.25) is 0 Å². The van der Waals surface area contributed by atoms with Gasteiger partial charge >= 0.3 is 0 Å². The standard InChI is InChI=1S/C18H17BrN2O6S/c19-12-7-13(28(26,27)21-6-5-9(23)8-22)16(20)15-14(12)17(24)10-3-1-2-4-11(10)18(15)25/h1-4,7,9,21-23H,5-6,8,20H2. The van der Waals surface area contributed by atoms with Crippen LogP contribution in [-0.4, -0.2) is 49.5 Å². The molecule has 1 atom stereocenters. The molecule has 28 heavy (non-hydrogen) atoms. The number of nitrogens with two attached hydrogens (primary N) is 1. The molecule has 1 aliphatic carbocycles. The number of nitrogens with one attached hydrogen (secondary N) is 1. The summed E-state index contributed by atoms with van der Waals surface area (Å²) in [4.78, 5) is 25.4. The van der Waals surface area contributed by atoms with E-state index in [0.29, 0.717) is 0 Å². The first-order valence-corrected chi connectivity index (χ1v) is 10.6. The quantitative estimate of drug-likeness (QED) is 0.391. The topological polar surface area (TPSA) is 147 Å². The number of fused-ring (bicyclic) bond motifs is 2. The van der Waals surface area contributed by atoms with E-state index in [2.05, 4.69) is 20.7 Å². The molecule has 8 nitrogen and oxygen atoms in total. The molecule has 0 aliphatic heterocycles. The zero-order valence-corrected chi connectivity index (χ0v) is 16.9. The van der Waals surface area contributed by atoms with Crippen molar-refractivity contribution in [2.45, 2.75) is 17.4 Å². The Labute approximate surface area is 169 Å². The summed E-state index contributed by atoms with van der Waals surface area (Å²) in [6.45, 7) is -0.641. The van der Waals surface area contributed by atoms with Crippen LogP contribution in [0.3, 0.4) is 0 Å². The number of rotatable bonds is 6. The molecule has 2 aromatic carbocycles. The maximum atomic E-state index is 12.9.